The van der Waals surface area contributed by atoms with E-state index in [2.05, 4.69) is 0 Å². The fourth-order valence-corrected chi connectivity index (χ4v) is 5.12. The van der Waals surface area contributed by atoms with Gasteiger partial charge in [0.05, 0.1) is 24.0 Å². The normalized spacial score (nSPS) is 34.5. The van der Waals surface area contributed by atoms with Crippen molar-refractivity contribution >= 4 is 23.6 Å². The Morgan fingerprint density at radius 2 is 1.94 bits per heavy atom. The van der Waals surface area contributed by atoms with Gasteiger partial charge in [0, 0.05) is 25.3 Å². The van der Waals surface area contributed by atoms with Crippen molar-refractivity contribution in [2.75, 3.05) is 6.54 Å². The molecule has 0 aromatic carbocycles. The van der Waals surface area contributed by atoms with Crippen molar-refractivity contribution in [1.82, 2.24) is 4.90 Å². The zero-order chi connectivity index (χ0) is 24.4. The van der Waals surface area contributed by atoms with Gasteiger partial charge < -0.3 is 19.8 Å². The zero-order valence-corrected chi connectivity index (χ0v) is 19.9. The lowest BCUT2D eigenvalue weighted by molar-refractivity contribution is -0.159. The zero-order valence-electron chi connectivity index (χ0n) is 19.9. The summed E-state index contributed by atoms with van der Waals surface area (Å²) in [4.78, 5) is 52.6. The molecule has 0 aromatic rings. The van der Waals surface area contributed by atoms with E-state index in [-0.39, 0.29) is 43.4 Å². The molecule has 2 fully saturated rings. The van der Waals surface area contributed by atoms with Crippen LogP contribution in [0, 0.1) is 17.3 Å². The third kappa shape index (κ3) is 6.22. The lowest BCUT2D eigenvalue weighted by Gasteiger charge is -2.29. The SMILES string of the molecule is CC(C)(C)OC(=O)C[C@H]1CCCCC/C=C\[C@H]2C[C@@]2(C(=O)O)CC(=O)[C@@H]2C[C@@H](O)CN2C1=O. The maximum Gasteiger partial charge on any atom is 0.310 e. The Balaban J connectivity index is 1.83. The molecule has 1 amide bonds. The number of carboxylic acid groups (broad SMARTS) is 1. The Morgan fingerprint density at radius 3 is 2.61 bits per heavy atom. The first-order valence-corrected chi connectivity index (χ1v) is 12.1. The van der Waals surface area contributed by atoms with Gasteiger partial charge in [0.15, 0.2) is 5.78 Å². The van der Waals surface area contributed by atoms with E-state index < -0.39 is 41.0 Å². The first-order chi connectivity index (χ1) is 15.4. The Hall–Kier alpha value is -2.22. The molecule has 0 spiro atoms. The lowest BCUT2D eigenvalue weighted by atomic mass is 9.91. The molecule has 1 saturated heterocycles. The number of carbonyl (C=O) groups excluding carboxylic acids is 3. The molecule has 3 rings (SSSR count). The molecular weight excluding hydrogens is 426 g/mol. The van der Waals surface area contributed by atoms with Crippen LogP contribution in [0.1, 0.15) is 78.6 Å². The minimum atomic E-state index is -1.12. The molecule has 2 heterocycles. The molecule has 0 unspecified atom stereocenters. The topological polar surface area (TPSA) is 121 Å². The number of aliphatic hydroxyl groups excluding tert-OH is 1. The highest BCUT2D eigenvalue weighted by atomic mass is 16.6. The monoisotopic (exact) mass is 463 g/mol. The number of allylic oxidation sites excluding steroid dienone is 2. The largest absolute Gasteiger partial charge is 0.481 e. The Bertz CT molecular complexity index is 814. The van der Waals surface area contributed by atoms with Crippen molar-refractivity contribution in [3.63, 3.8) is 0 Å². The van der Waals surface area contributed by atoms with Crippen molar-refractivity contribution in [2.45, 2.75) is 96.3 Å². The van der Waals surface area contributed by atoms with Crippen LogP contribution < -0.4 is 0 Å². The highest BCUT2D eigenvalue weighted by Gasteiger charge is 2.61. The summed E-state index contributed by atoms with van der Waals surface area (Å²) in [5, 5.41) is 20.1. The molecule has 33 heavy (non-hydrogen) atoms. The number of hydrogen-bond acceptors (Lipinski definition) is 6. The number of carboxylic acids is 1. The van der Waals surface area contributed by atoms with Gasteiger partial charge in [0.1, 0.15) is 5.60 Å². The van der Waals surface area contributed by atoms with Crippen LogP contribution in [-0.4, -0.2) is 63.0 Å². The highest BCUT2D eigenvalue weighted by Crippen LogP contribution is 2.57. The van der Waals surface area contributed by atoms with Gasteiger partial charge in [-0.3, -0.25) is 19.2 Å². The van der Waals surface area contributed by atoms with Crippen LogP contribution in [0.15, 0.2) is 12.2 Å². The Kier molecular flexibility index (Phi) is 7.66. The average Bonchev–Trinajstić information content (AvgIpc) is 3.25. The fourth-order valence-electron chi connectivity index (χ4n) is 5.12. The van der Waals surface area contributed by atoms with E-state index in [1.54, 1.807) is 20.8 Å². The molecular formula is C25H37NO7. The first-order valence-electron chi connectivity index (χ1n) is 12.1. The summed E-state index contributed by atoms with van der Waals surface area (Å²) in [5.74, 6) is -2.93. The van der Waals surface area contributed by atoms with Crippen molar-refractivity contribution in [3.05, 3.63) is 12.2 Å². The second kappa shape index (κ2) is 9.95. The van der Waals surface area contributed by atoms with Crippen LogP contribution in [0.25, 0.3) is 0 Å². The standard InChI is InChI=1S/C25H37NO7/c1-24(2,3)33-21(29)11-16-9-7-5-4-6-8-10-17-13-25(17,23(31)32)14-20(28)19-12-18(27)15-26(19)22(16)30/h8,10,16-19,27H,4-7,9,11-15H2,1-3H3,(H,31,32)/b10-8-/t16-,17+,18-,19+,25-/m1/s1. The quantitative estimate of drug-likeness (QED) is 0.487. The molecule has 8 heteroatoms. The van der Waals surface area contributed by atoms with Crippen LogP contribution in [-0.2, 0) is 23.9 Å². The summed E-state index contributed by atoms with van der Waals surface area (Å²) in [6.07, 6.45) is 7.18. The van der Waals surface area contributed by atoms with E-state index in [1.807, 2.05) is 12.2 Å². The summed E-state index contributed by atoms with van der Waals surface area (Å²) in [5.41, 5.74) is -1.79. The van der Waals surface area contributed by atoms with Crippen LogP contribution in [0.4, 0.5) is 0 Å². The van der Waals surface area contributed by atoms with Crippen molar-refractivity contribution < 1.29 is 34.1 Å². The summed E-state index contributed by atoms with van der Waals surface area (Å²) in [7, 11) is 0. The number of carbonyl (C=O) groups is 4. The molecule has 3 aliphatic rings. The molecule has 0 radical (unpaired) electrons. The maximum atomic E-state index is 13.5. The Morgan fingerprint density at radius 1 is 1.21 bits per heavy atom. The van der Waals surface area contributed by atoms with E-state index in [1.165, 1.54) is 4.90 Å². The lowest BCUT2D eigenvalue weighted by Crippen LogP contribution is -2.45. The molecule has 2 N–H and O–H groups in total. The highest BCUT2D eigenvalue weighted by molar-refractivity contribution is 5.95. The number of nitrogens with zero attached hydrogens (tertiary/aromatic N) is 1. The molecule has 184 valence electrons. The molecule has 0 aromatic heterocycles. The number of aliphatic hydroxyl groups is 1. The van der Waals surface area contributed by atoms with Gasteiger partial charge in [-0.05, 0) is 52.4 Å². The second-order valence-corrected chi connectivity index (χ2v) is 10.9. The minimum Gasteiger partial charge on any atom is -0.481 e. The van der Waals surface area contributed by atoms with Gasteiger partial charge >= 0.3 is 11.9 Å². The van der Waals surface area contributed by atoms with E-state index in [0.29, 0.717) is 12.8 Å². The third-order valence-electron chi connectivity index (χ3n) is 6.96. The van der Waals surface area contributed by atoms with Crippen LogP contribution >= 0.6 is 0 Å². The van der Waals surface area contributed by atoms with Gasteiger partial charge in [-0.15, -0.1) is 0 Å². The van der Waals surface area contributed by atoms with E-state index in [0.717, 1.165) is 25.7 Å². The summed E-state index contributed by atoms with van der Waals surface area (Å²) < 4.78 is 5.43. The average molecular weight is 464 g/mol. The molecule has 1 aliphatic carbocycles. The molecule has 1 saturated carbocycles. The predicted octanol–water partition coefficient (Wildman–Crippen LogP) is 2.87. The Labute approximate surface area is 195 Å². The van der Waals surface area contributed by atoms with Gasteiger partial charge in [0.25, 0.3) is 0 Å². The minimum absolute atomic E-state index is 0.0173. The third-order valence-corrected chi connectivity index (χ3v) is 6.96. The second-order valence-electron chi connectivity index (χ2n) is 10.9. The van der Waals surface area contributed by atoms with Gasteiger partial charge in [-0.2, -0.15) is 0 Å². The summed E-state index contributed by atoms with van der Waals surface area (Å²) >= 11 is 0. The van der Waals surface area contributed by atoms with Crippen molar-refractivity contribution in [2.24, 2.45) is 17.3 Å². The van der Waals surface area contributed by atoms with Crippen LogP contribution in [0.2, 0.25) is 0 Å². The van der Waals surface area contributed by atoms with Crippen molar-refractivity contribution in [1.29, 1.82) is 0 Å². The van der Waals surface area contributed by atoms with Crippen LogP contribution in [0.5, 0.6) is 0 Å². The van der Waals surface area contributed by atoms with Crippen molar-refractivity contribution in [3.8, 4) is 0 Å². The summed E-state index contributed by atoms with van der Waals surface area (Å²) in [6.45, 7) is 5.33. The number of ketones is 1. The first kappa shape index (κ1) is 25.4. The van der Waals surface area contributed by atoms with E-state index >= 15 is 0 Å². The fraction of sp³-hybridized carbons (Fsp3) is 0.760. The summed E-state index contributed by atoms with van der Waals surface area (Å²) in [6, 6.07) is -0.861. The number of Topliss-reactive ketones (excluding diaryl/α,β-unsaturated/α-hetero) is 1. The molecule has 5 atom stereocenters. The van der Waals surface area contributed by atoms with Gasteiger partial charge in [-0.25, -0.2) is 0 Å². The number of fused-ring (bicyclic) bond motifs is 2. The van der Waals surface area contributed by atoms with E-state index in [4.69, 9.17) is 4.74 Å². The number of ether oxygens (including phenoxy) is 1. The molecule has 0 bridgehead atoms. The number of rotatable bonds is 3. The van der Waals surface area contributed by atoms with Crippen LogP contribution in [0.3, 0.4) is 0 Å². The smallest absolute Gasteiger partial charge is 0.310 e. The number of esters is 1. The van der Waals surface area contributed by atoms with Gasteiger partial charge in [-0.1, -0.05) is 25.0 Å². The predicted molar refractivity (Wildman–Crippen MR) is 120 cm³/mol. The molecule has 2 aliphatic heterocycles. The molecule has 8 nitrogen and oxygen atoms in total. The number of aliphatic carboxylic acids is 1. The maximum absolute atomic E-state index is 13.5. The number of amides is 1. The van der Waals surface area contributed by atoms with E-state index in [9.17, 15) is 29.4 Å². The number of hydrogen-bond donors (Lipinski definition) is 2. The van der Waals surface area contributed by atoms with Gasteiger partial charge in [0.2, 0.25) is 5.91 Å².